The molecule has 2 saturated heterocycles. The summed E-state index contributed by atoms with van der Waals surface area (Å²) < 4.78 is 40.3. The first-order valence-electron chi connectivity index (χ1n) is 7.99. The summed E-state index contributed by atoms with van der Waals surface area (Å²) in [5.41, 5.74) is 0.290. The van der Waals surface area contributed by atoms with E-state index in [1.165, 1.54) is 27.8 Å². The van der Waals surface area contributed by atoms with E-state index in [4.69, 9.17) is 0 Å². The van der Waals surface area contributed by atoms with E-state index in [9.17, 15) is 17.6 Å². The smallest absolute Gasteiger partial charge is 0.252 e. The number of anilines is 1. The monoisotopic (exact) mass is 380 g/mol. The van der Waals surface area contributed by atoms with E-state index < -0.39 is 10.0 Å². The molecule has 0 saturated carbocycles. The van der Waals surface area contributed by atoms with E-state index in [1.807, 2.05) is 0 Å². The summed E-state index contributed by atoms with van der Waals surface area (Å²) in [4.78, 5) is 14.1. The number of carbonyl (C=O) groups excluding carboxylic acids is 1. The number of rotatable bonds is 3. The highest BCUT2D eigenvalue weighted by atomic mass is 32.2. The van der Waals surface area contributed by atoms with Crippen LogP contribution in [0, 0.1) is 11.2 Å². The SMILES string of the molecule is O=C1CC2(CCN(S(=O)(=O)c3cccs3)C2)CN1c1ccc(F)cc1. The molecule has 132 valence electrons. The highest BCUT2D eigenvalue weighted by molar-refractivity contribution is 7.91. The largest absolute Gasteiger partial charge is 0.312 e. The number of amides is 1. The van der Waals surface area contributed by atoms with Crippen LogP contribution in [0.4, 0.5) is 10.1 Å². The molecule has 2 aromatic rings. The van der Waals surface area contributed by atoms with Crippen molar-refractivity contribution in [1.82, 2.24) is 4.31 Å². The number of halogens is 1. The van der Waals surface area contributed by atoms with Crippen LogP contribution in [0.25, 0.3) is 0 Å². The lowest BCUT2D eigenvalue weighted by atomic mass is 9.86. The number of carbonyl (C=O) groups is 1. The zero-order valence-electron chi connectivity index (χ0n) is 13.4. The summed E-state index contributed by atoms with van der Waals surface area (Å²) in [5.74, 6) is -0.388. The second-order valence-corrected chi connectivity index (χ2v) is 9.77. The van der Waals surface area contributed by atoms with Gasteiger partial charge in [-0.25, -0.2) is 12.8 Å². The van der Waals surface area contributed by atoms with Crippen molar-refractivity contribution in [3.05, 3.63) is 47.6 Å². The maximum absolute atomic E-state index is 13.1. The molecule has 1 amide bonds. The van der Waals surface area contributed by atoms with Crippen molar-refractivity contribution in [1.29, 1.82) is 0 Å². The summed E-state index contributed by atoms with van der Waals surface area (Å²) in [6, 6.07) is 9.16. The van der Waals surface area contributed by atoms with E-state index in [0.717, 1.165) is 0 Å². The molecule has 1 spiro atoms. The molecule has 1 atom stereocenters. The van der Waals surface area contributed by atoms with Crippen molar-refractivity contribution >= 4 is 33.0 Å². The maximum Gasteiger partial charge on any atom is 0.252 e. The third-order valence-electron chi connectivity index (χ3n) is 4.95. The molecule has 4 rings (SSSR count). The van der Waals surface area contributed by atoms with Crippen LogP contribution >= 0.6 is 11.3 Å². The second kappa shape index (κ2) is 5.89. The molecule has 0 radical (unpaired) electrons. The van der Waals surface area contributed by atoms with E-state index in [0.29, 0.717) is 42.4 Å². The fraction of sp³-hybridized carbons (Fsp3) is 0.353. The molecule has 0 bridgehead atoms. The van der Waals surface area contributed by atoms with Gasteiger partial charge < -0.3 is 4.90 Å². The number of thiophene rings is 1. The van der Waals surface area contributed by atoms with Gasteiger partial charge in [0.25, 0.3) is 10.0 Å². The summed E-state index contributed by atoms with van der Waals surface area (Å²) in [6.45, 7) is 1.23. The van der Waals surface area contributed by atoms with E-state index in [2.05, 4.69) is 0 Å². The van der Waals surface area contributed by atoms with Crippen LogP contribution in [0.3, 0.4) is 0 Å². The Bertz CT molecular complexity index is 896. The zero-order valence-corrected chi connectivity index (χ0v) is 15.0. The lowest BCUT2D eigenvalue weighted by Crippen LogP contribution is -2.34. The Morgan fingerprint density at radius 1 is 1.12 bits per heavy atom. The minimum Gasteiger partial charge on any atom is -0.312 e. The number of hydrogen-bond acceptors (Lipinski definition) is 4. The fourth-order valence-corrected chi connectivity index (χ4v) is 6.36. The molecule has 5 nitrogen and oxygen atoms in total. The Morgan fingerprint density at radius 3 is 2.56 bits per heavy atom. The van der Waals surface area contributed by atoms with Gasteiger partial charge in [0.1, 0.15) is 10.0 Å². The van der Waals surface area contributed by atoms with Crippen molar-refractivity contribution in [3.63, 3.8) is 0 Å². The quantitative estimate of drug-likeness (QED) is 0.823. The van der Waals surface area contributed by atoms with Gasteiger partial charge in [0.2, 0.25) is 5.91 Å². The molecule has 3 heterocycles. The number of nitrogens with zero attached hydrogens (tertiary/aromatic N) is 2. The summed E-state index contributed by atoms with van der Waals surface area (Å²) in [7, 11) is -3.49. The summed E-state index contributed by atoms with van der Waals surface area (Å²) in [5, 5.41) is 1.74. The predicted octanol–water partition coefficient (Wildman–Crippen LogP) is 2.70. The average Bonchev–Trinajstić information content (AvgIpc) is 3.30. The Balaban J connectivity index is 1.55. The van der Waals surface area contributed by atoms with Gasteiger partial charge in [-0.3, -0.25) is 4.79 Å². The summed E-state index contributed by atoms with van der Waals surface area (Å²) >= 11 is 1.20. The minimum absolute atomic E-state index is 0.0398. The van der Waals surface area contributed by atoms with Crippen LogP contribution < -0.4 is 4.90 Å². The number of sulfonamides is 1. The Morgan fingerprint density at radius 2 is 1.88 bits per heavy atom. The topological polar surface area (TPSA) is 57.7 Å². The minimum atomic E-state index is -3.49. The highest BCUT2D eigenvalue weighted by Gasteiger charge is 2.50. The molecule has 25 heavy (non-hydrogen) atoms. The molecule has 2 aliphatic heterocycles. The zero-order chi connectivity index (χ0) is 17.7. The fourth-order valence-electron chi connectivity index (χ4n) is 3.66. The first-order valence-corrected chi connectivity index (χ1v) is 10.3. The Hall–Kier alpha value is -1.77. The van der Waals surface area contributed by atoms with Crippen LogP contribution in [-0.2, 0) is 14.8 Å². The van der Waals surface area contributed by atoms with E-state index >= 15 is 0 Å². The molecule has 2 aliphatic rings. The van der Waals surface area contributed by atoms with Gasteiger partial charge in [-0.2, -0.15) is 4.31 Å². The van der Waals surface area contributed by atoms with Crippen molar-refractivity contribution in [3.8, 4) is 0 Å². The third-order valence-corrected chi connectivity index (χ3v) is 8.17. The normalized spacial score (nSPS) is 24.5. The Kier molecular flexibility index (Phi) is 3.93. The van der Waals surface area contributed by atoms with Gasteiger partial charge in [-0.05, 0) is 42.1 Å². The molecule has 0 N–H and O–H groups in total. The van der Waals surface area contributed by atoms with Crippen molar-refractivity contribution in [2.75, 3.05) is 24.5 Å². The average molecular weight is 380 g/mol. The summed E-state index contributed by atoms with van der Waals surface area (Å²) in [6.07, 6.45) is 0.974. The van der Waals surface area contributed by atoms with Crippen LogP contribution in [0.15, 0.2) is 46.0 Å². The van der Waals surface area contributed by atoms with Gasteiger partial charge in [-0.1, -0.05) is 6.07 Å². The number of hydrogen-bond donors (Lipinski definition) is 0. The van der Waals surface area contributed by atoms with Gasteiger partial charge in [0.05, 0.1) is 0 Å². The second-order valence-electron chi connectivity index (χ2n) is 6.65. The molecule has 2 fully saturated rings. The maximum atomic E-state index is 13.1. The molecule has 1 aromatic carbocycles. The van der Waals surface area contributed by atoms with Crippen molar-refractivity contribution in [2.24, 2.45) is 5.41 Å². The third kappa shape index (κ3) is 2.88. The van der Waals surface area contributed by atoms with Crippen LogP contribution in [-0.4, -0.2) is 38.3 Å². The highest BCUT2D eigenvalue weighted by Crippen LogP contribution is 2.43. The molecule has 0 aliphatic carbocycles. The predicted molar refractivity (Wildman–Crippen MR) is 93.5 cm³/mol. The van der Waals surface area contributed by atoms with Crippen LogP contribution in [0.5, 0.6) is 0 Å². The van der Waals surface area contributed by atoms with Crippen LogP contribution in [0.1, 0.15) is 12.8 Å². The standard InChI is InChI=1S/C17H17FN2O3S2/c18-13-3-5-14(6-4-13)20-12-17(10-15(20)21)7-8-19(11-17)25(22,23)16-2-1-9-24-16/h1-6,9H,7-8,10-12H2. The van der Waals surface area contributed by atoms with E-state index in [1.54, 1.807) is 34.5 Å². The molecule has 1 unspecified atom stereocenters. The van der Waals surface area contributed by atoms with Crippen molar-refractivity contribution in [2.45, 2.75) is 17.1 Å². The van der Waals surface area contributed by atoms with Gasteiger partial charge in [-0.15, -0.1) is 11.3 Å². The Labute approximate surface area is 149 Å². The molecular weight excluding hydrogens is 363 g/mol. The van der Waals surface area contributed by atoms with E-state index in [-0.39, 0.29) is 17.1 Å². The van der Waals surface area contributed by atoms with Gasteiger partial charge in [0.15, 0.2) is 0 Å². The van der Waals surface area contributed by atoms with Gasteiger partial charge >= 0.3 is 0 Å². The lowest BCUT2D eigenvalue weighted by molar-refractivity contribution is -0.117. The van der Waals surface area contributed by atoms with Crippen molar-refractivity contribution < 1.29 is 17.6 Å². The molecule has 1 aromatic heterocycles. The van der Waals surface area contributed by atoms with Crippen LogP contribution in [0.2, 0.25) is 0 Å². The number of benzene rings is 1. The molecular formula is C17H17FN2O3S2. The first kappa shape index (κ1) is 16.7. The van der Waals surface area contributed by atoms with Gasteiger partial charge in [0, 0.05) is 37.2 Å². The lowest BCUT2D eigenvalue weighted by Gasteiger charge is -2.24. The molecule has 8 heteroatoms. The first-order chi connectivity index (χ1) is 11.9.